The molecular formula is C6H10OS3. The van der Waals surface area contributed by atoms with Crippen molar-refractivity contribution in [3.8, 4) is 12.3 Å². The topological polar surface area (TPSA) is 17.1 Å². The Kier molecular flexibility index (Phi) is 2.73. The lowest BCUT2D eigenvalue weighted by Gasteiger charge is -2.25. The summed E-state index contributed by atoms with van der Waals surface area (Å²) in [7, 11) is -0.691. The summed E-state index contributed by atoms with van der Waals surface area (Å²) in [5, 5.41) is 0. The number of terminal acetylenes is 1. The third-order valence-electron chi connectivity index (χ3n) is 1.47. The maximum Gasteiger partial charge on any atom is 0.0308 e. The fourth-order valence-corrected chi connectivity index (χ4v) is 5.14. The summed E-state index contributed by atoms with van der Waals surface area (Å²) in [5.41, 5.74) is 0. The summed E-state index contributed by atoms with van der Waals surface area (Å²) in [6, 6.07) is 0. The van der Waals surface area contributed by atoms with Crippen LogP contribution in [0.3, 0.4) is 0 Å². The average molecular weight is 194 g/mol. The first kappa shape index (κ1) is 8.51. The van der Waals surface area contributed by atoms with Gasteiger partial charge in [0.15, 0.2) is 0 Å². The molecule has 0 saturated carbocycles. The van der Waals surface area contributed by atoms with E-state index in [1.807, 2.05) is 0 Å². The van der Waals surface area contributed by atoms with E-state index in [1.165, 1.54) is 10.8 Å². The van der Waals surface area contributed by atoms with Gasteiger partial charge in [0.2, 0.25) is 0 Å². The van der Waals surface area contributed by atoms with E-state index in [0.717, 1.165) is 12.2 Å². The Morgan fingerprint density at radius 2 is 2.50 bits per heavy atom. The van der Waals surface area contributed by atoms with Crippen LogP contribution in [0.2, 0.25) is 0 Å². The van der Waals surface area contributed by atoms with Crippen molar-refractivity contribution >= 4 is 30.5 Å². The molecule has 1 fully saturated rings. The van der Waals surface area contributed by atoms with Gasteiger partial charge in [0.05, 0.1) is 0 Å². The van der Waals surface area contributed by atoms with Crippen molar-refractivity contribution in [3.05, 3.63) is 0 Å². The molecule has 0 aromatic rings. The first-order chi connectivity index (χ1) is 4.64. The fraction of sp³-hybridized carbons (Fsp3) is 0.667. The second-order valence-corrected chi connectivity index (χ2v) is 9.92. The lowest BCUT2D eigenvalue weighted by molar-refractivity contribution is 0.672. The third kappa shape index (κ3) is 2.22. The summed E-state index contributed by atoms with van der Waals surface area (Å²) < 4.78 is 11.3. The Hall–Kier alpha value is 0.410. The van der Waals surface area contributed by atoms with Gasteiger partial charge in [-0.05, 0) is 14.4 Å². The number of thiol groups is 2. The molecule has 4 heteroatoms. The molecule has 0 bridgehead atoms. The van der Waals surface area contributed by atoms with E-state index in [-0.39, 0.29) is 0 Å². The predicted molar refractivity (Wildman–Crippen MR) is 52.8 cm³/mol. The second kappa shape index (κ2) is 3.21. The molecule has 0 aromatic carbocycles. The zero-order valence-corrected chi connectivity index (χ0v) is 8.09. The van der Waals surface area contributed by atoms with E-state index in [9.17, 15) is 4.21 Å². The van der Waals surface area contributed by atoms with Crippen molar-refractivity contribution < 1.29 is 4.21 Å². The van der Waals surface area contributed by atoms with Crippen molar-refractivity contribution in [2.45, 2.75) is 6.42 Å². The first-order valence-corrected chi connectivity index (χ1v) is 7.70. The summed E-state index contributed by atoms with van der Waals surface area (Å²) in [6.07, 6.45) is 6.09. The predicted octanol–water partition coefficient (Wildman–Crippen LogP) is 1.15. The summed E-state index contributed by atoms with van der Waals surface area (Å²) in [4.78, 5) is 0. The Balaban J connectivity index is 2.48. The monoisotopic (exact) mass is 194 g/mol. The van der Waals surface area contributed by atoms with Crippen LogP contribution in [0.15, 0.2) is 0 Å². The van der Waals surface area contributed by atoms with Gasteiger partial charge in [-0.1, -0.05) is 22.5 Å². The zero-order valence-electron chi connectivity index (χ0n) is 5.49. The highest BCUT2D eigenvalue weighted by molar-refractivity contribution is 9.05. The first-order valence-electron chi connectivity index (χ1n) is 3.06. The molecule has 1 saturated heterocycles. The molecule has 58 valence electrons. The lowest BCUT2D eigenvalue weighted by Crippen LogP contribution is -2.18. The Labute approximate surface area is 71.0 Å². The molecule has 1 nitrogen and oxygen atoms in total. The maximum absolute atomic E-state index is 11.3. The van der Waals surface area contributed by atoms with Crippen LogP contribution in [0, 0.1) is 18.3 Å². The Bertz CT molecular complexity index is 194. The normalized spacial score (nSPS) is 34.2. The zero-order chi connectivity index (χ0) is 7.61. The van der Waals surface area contributed by atoms with Crippen LogP contribution in [0.4, 0.5) is 0 Å². The Morgan fingerprint density at radius 3 is 2.90 bits per heavy atom. The van der Waals surface area contributed by atoms with Gasteiger partial charge < -0.3 is 0 Å². The molecule has 0 spiro atoms. The van der Waals surface area contributed by atoms with Gasteiger partial charge in [0, 0.05) is 17.4 Å². The van der Waals surface area contributed by atoms with Crippen LogP contribution in [-0.2, 0) is 8.00 Å². The second-order valence-electron chi connectivity index (χ2n) is 2.31. The molecule has 1 rings (SSSR count). The number of rotatable bonds is 0. The molecule has 1 heterocycles. The van der Waals surface area contributed by atoms with Crippen molar-refractivity contribution in [3.63, 3.8) is 0 Å². The van der Waals surface area contributed by atoms with Gasteiger partial charge >= 0.3 is 0 Å². The van der Waals surface area contributed by atoms with Crippen LogP contribution in [0.1, 0.15) is 6.42 Å². The number of hydrogen-bond donors (Lipinski definition) is 2. The molecule has 10 heavy (non-hydrogen) atoms. The van der Waals surface area contributed by atoms with E-state index < -0.39 is 8.00 Å². The van der Waals surface area contributed by atoms with Crippen molar-refractivity contribution in [2.75, 3.05) is 11.5 Å². The minimum absolute atomic E-state index is 0.319. The van der Waals surface area contributed by atoms with E-state index in [0.29, 0.717) is 11.7 Å². The van der Waals surface area contributed by atoms with E-state index in [1.54, 1.807) is 0 Å². The average Bonchev–Trinajstić information content (AvgIpc) is 1.88. The van der Waals surface area contributed by atoms with Crippen LogP contribution < -0.4 is 0 Å². The van der Waals surface area contributed by atoms with E-state index in [2.05, 4.69) is 17.6 Å². The van der Waals surface area contributed by atoms with Crippen LogP contribution in [0.25, 0.3) is 0 Å². The molecule has 0 amide bonds. The molecular weight excluding hydrogens is 184 g/mol. The highest BCUT2D eigenvalue weighted by atomic mass is 33.5. The lowest BCUT2D eigenvalue weighted by atomic mass is 10.1. The molecule has 1 aliphatic rings. The van der Waals surface area contributed by atoms with E-state index >= 15 is 0 Å². The Morgan fingerprint density at radius 1 is 1.80 bits per heavy atom. The summed E-state index contributed by atoms with van der Waals surface area (Å²) >= 11 is 4.05. The molecule has 1 aliphatic heterocycles. The highest BCUT2D eigenvalue weighted by Gasteiger charge is 2.21. The summed E-state index contributed by atoms with van der Waals surface area (Å²) in [5.74, 6) is 4.49. The minimum atomic E-state index is -2.12. The standard InChI is InChI=1S/C6H10OS3/c1-2-6-3-4-10(7,8)9-5-6/h1,6,10H,3-5H2,(H,7,8). The molecule has 1 atom stereocenters. The summed E-state index contributed by atoms with van der Waals surface area (Å²) in [6.45, 7) is 0. The van der Waals surface area contributed by atoms with Crippen molar-refractivity contribution in [1.29, 1.82) is 0 Å². The maximum atomic E-state index is 11.3. The van der Waals surface area contributed by atoms with Crippen LogP contribution >= 0.6 is 22.5 Å². The largest absolute Gasteiger partial charge is 0.265 e. The van der Waals surface area contributed by atoms with Crippen molar-refractivity contribution in [2.24, 2.45) is 5.92 Å². The van der Waals surface area contributed by atoms with Crippen molar-refractivity contribution in [1.82, 2.24) is 0 Å². The SMILES string of the molecule is C#CC1CC[SH](=O)(S)SC1. The molecule has 0 aromatic heterocycles. The molecule has 0 aliphatic carbocycles. The van der Waals surface area contributed by atoms with Gasteiger partial charge in [-0.15, -0.1) is 12.3 Å². The van der Waals surface area contributed by atoms with E-state index in [4.69, 9.17) is 6.42 Å². The van der Waals surface area contributed by atoms with Crippen LogP contribution in [-0.4, -0.2) is 15.7 Å². The van der Waals surface area contributed by atoms with Gasteiger partial charge in [-0.25, -0.2) is 0 Å². The van der Waals surface area contributed by atoms with Gasteiger partial charge in [-0.2, -0.15) is 0 Å². The van der Waals surface area contributed by atoms with Gasteiger partial charge in [-0.3, -0.25) is 4.21 Å². The molecule has 0 radical (unpaired) electrons. The quantitative estimate of drug-likeness (QED) is 0.342. The minimum Gasteiger partial charge on any atom is -0.265 e. The third-order valence-corrected chi connectivity index (χ3v) is 7.10. The highest BCUT2D eigenvalue weighted by Crippen LogP contribution is 2.35. The smallest absolute Gasteiger partial charge is 0.0308 e. The molecule has 1 unspecified atom stereocenters. The number of hydrogen-bond acceptors (Lipinski definition) is 2. The molecule has 0 N–H and O–H groups in total. The fourth-order valence-electron chi connectivity index (χ4n) is 0.805. The van der Waals surface area contributed by atoms with Gasteiger partial charge in [0.25, 0.3) is 0 Å². The van der Waals surface area contributed by atoms with Gasteiger partial charge in [0.1, 0.15) is 0 Å². The van der Waals surface area contributed by atoms with Crippen LogP contribution in [0.5, 0.6) is 0 Å².